The summed E-state index contributed by atoms with van der Waals surface area (Å²) in [5.41, 5.74) is 6.38. The molecule has 2 fully saturated rings. The Morgan fingerprint density at radius 3 is 2.14 bits per heavy atom. The molecule has 260 valence electrons. The van der Waals surface area contributed by atoms with Gasteiger partial charge in [0.15, 0.2) is 5.82 Å². The van der Waals surface area contributed by atoms with E-state index in [4.69, 9.17) is 47.6 Å². The molecule has 2 aromatic carbocycles. The molecule has 50 heavy (non-hydrogen) atoms. The highest BCUT2D eigenvalue weighted by atomic mass is 35.5. The Morgan fingerprint density at radius 2 is 1.46 bits per heavy atom. The summed E-state index contributed by atoms with van der Waals surface area (Å²) in [6.07, 6.45) is 3.58. The summed E-state index contributed by atoms with van der Waals surface area (Å²) in [4.78, 5) is 40.1. The highest BCUT2D eigenvalue weighted by molar-refractivity contribution is 6.39. The van der Waals surface area contributed by atoms with Gasteiger partial charge >= 0.3 is 0 Å². The number of pyridine rings is 1. The Balaban J connectivity index is 1.13. The molecule has 0 aliphatic carbocycles. The summed E-state index contributed by atoms with van der Waals surface area (Å²) < 4.78 is 11.4. The Labute approximate surface area is 301 Å². The molecule has 3 N–H and O–H groups in total. The van der Waals surface area contributed by atoms with Crippen molar-refractivity contribution in [3.8, 4) is 45.5 Å². The molecular formula is C37H39Cl2N7O4. The Kier molecular flexibility index (Phi) is 10.2. The lowest BCUT2D eigenvalue weighted by molar-refractivity contribution is -0.120. The first kappa shape index (κ1) is 34.2. The van der Waals surface area contributed by atoms with Crippen LogP contribution in [0.1, 0.15) is 42.5 Å². The summed E-state index contributed by atoms with van der Waals surface area (Å²) in [5.74, 6) is 1.73. The highest BCUT2D eigenvalue weighted by Crippen LogP contribution is 2.42. The maximum atomic E-state index is 11.7. The second-order valence-corrected chi connectivity index (χ2v) is 13.7. The van der Waals surface area contributed by atoms with E-state index in [0.717, 1.165) is 65.9 Å². The molecular weight excluding hydrogens is 677 g/mol. The van der Waals surface area contributed by atoms with Gasteiger partial charge in [-0.1, -0.05) is 59.6 Å². The molecule has 11 nitrogen and oxygen atoms in total. The molecule has 4 aromatic rings. The molecule has 2 atom stereocenters. The van der Waals surface area contributed by atoms with Crippen molar-refractivity contribution < 1.29 is 19.1 Å². The molecule has 0 saturated carbocycles. The van der Waals surface area contributed by atoms with Crippen molar-refractivity contribution in [3.63, 3.8) is 0 Å². The molecule has 0 bridgehead atoms. The van der Waals surface area contributed by atoms with Crippen molar-refractivity contribution in [3.05, 3.63) is 75.4 Å². The van der Waals surface area contributed by atoms with Crippen LogP contribution in [-0.4, -0.2) is 77.6 Å². The van der Waals surface area contributed by atoms with Gasteiger partial charge in [0.05, 0.1) is 35.7 Å². The number of aromatic nitrogens is 3. The van der Waals surface area contributed by atoms with Crippen molar-refractivity contribution in [2.45, 2.75) is 57.3 Å². The number of hydrogen-bond donors (Lipinski definition) is 3. The first-order valence-corrected chi connectivity index (χ1v) is 17.6. The predicted molar refractivity (Wildman–Crippen MR) is 192 cm³/mol. The summed E-state index contributed by atoms with van der Waals surface area (Å²) in [6, 6.07) is 15.8. The topological polar surface area (TPSA) is 131 Å². The third-order valence-corrected chi connectivity index (χ3v) is 10.4. The summed E-state index contributed by atoms with van der Waals surface area (Å²) in [7, 11) is 3.22. The quantitative estimate of drug-likeness (QED) is 0.192. The van der Waals surface area contributed by atoms with E-state index in [1.807, 2.05) is 48.5 Å². The fourth-order valence-electron chi connectivity index (χ4n) is 7.00. The van der Waals surface area contributed by atoms with Crippen LogP contribution in [0.15, 0.2) is 48.5 Å². The zero-order valence-electron chi connectivity index (χ0n) is 28.0. The number of carbonyl (C=O) groups excluding carboxylic acids is 2. The van der Waals surface area contributed by atoms with Crippen LogP contribution in [0.3, 0.4) is 0 Å². The van der Waals surface area contributed by atoms with Gasteiger partial charge in [0.2, 0.25) is 23.6 Å². The van der Waals surface area contributed by atoms with E-state index in [1.165, 1.54) is 0 Å². The second kappa shape index (κ2) is 14.9. The minimum atomic E-state index is 0.0979. The number of methoxy groups -OCH3 is 2. The van der Waals surface area contributed by atoms with E-state index in [9.17, 15) is 9.59 Å². The van der Waals surface area contributed by atoms with E-state index in [0.29, 0.717) is 71.4 Å². The van der Waals surface area contributed by atoms with Gasteiger partial charge in [-0.2, -0.15) is 4.98 Å². The standard InChI is InChI=1S/C37H39Cl2N7O4/c1-49-36-21(17-40-18-22-10-13-31(47)41-22)9-12-29(44-36)26-7-3-5-24(33(26)38)25-6-4-8-27(34(25)39)35-43-30-15-16-46(19-23-11-14-32(48)42-23)20-28(30)37(45-35)50-2/h3-9,12,22-23,40H,10-11,13-20H2,1-2H3,(H,41,47)(H,42,48)/t22-,23+/m0/s1. The summed E-state index contributed by atoms with van der Waals surface area (Å²) in [5, 5.41) is 10.4. The first-order chi connectivity index (χ1) is 24.3. The average molecular weight is 717 g/mol. The van der Waals surface area contributed by atoms with Crippen LogP contribution in [0, 0.1) is 0 Å². The minimum absolute atomic E-state index is 0.0979. The van der Waals surface area contributed by atoms with Gasteiger partial charge in [0.1, 0.15) is 0 Å². The third kappa shape index (κ3) is 7.14. The molecule has 2 aromatic heterocycles. The summed E-state index contributed by atoms with van der Waals surface area (Å²) >= 11 is 14.3. The Hall–Kier alpha value is -4.29. The van der Waals surface area contributed by atoms with Gasteiger partial charge in [-0.15, -0.1) is 0 Å². The van der Waals surface area contributed by atoms with Gasteiger partial charge in [-0.3, -0.25) is 14.5 Å². The number of fused-ring (bicyclic) bond motifs is 1. The maximum Gasteiger partial charge on any atom is 0.221 e. The lowest BCUT2D eigenvalue weighted by Crippen LogP contribution is -2.41. The number of hydrogen-bond acceptors (Lipinski definition) is 9. The minimum Gasteiger partial charge on any atom is -0.481 e. The van der Waals surface area contributed by atoms with Gasteiger partial charge < -0.3 is 25.4 Å². The Morgan fingerprint density at radius 1 is 0.800 bits per heavy atom. The fraction of sp³-hybridized carbons (Fsp3) is 0.378. The molecule has 0 radical (unpaired) electrons. The fourth-order valence-corrected chi connectivity index (χ4v) is 7.64. The normalized spacial score (nSPS) is 18.9. The molecule has 5 heterocycles. The van der Waals surface area contributed by atoms with E-state index in [1.54, 1.807) is 14.2 Å². The van der Waals surface area contributed by atoms with E-state index in [2.05, 4.69) is 20.9 Å². The van der Waals surface area contributed by atoms with E-state index >= 15 is 0 Å². The number of ether oxygens (including phenoxy) is 2. The number of rotatable bonds is 11. The van der Waals surface area contributed by atoms with E-state index < -0.39 is 0 Å². The van der Waals surface area contributed by atoms with Gasteiger partial charge in [0.25, 0.3) is 0 Å². The maximum absolute atomic E-state index is 11.7. The van der Waals surface area contributed by atoms with Crippen molar-refractivity contribution in [1.82, 2.24) is 35.8 Å². The van der Waals surface area contributed by atoms with Crippen molar-refractivity contribution in [1.29, 1.82) is 0 Å². The number of halogens is 2. The molecule has 2 saturated heterocycles. The molecule has 2 amide bonds. The third-order valence-electron chi connectivity index (χ3n) is 9.59. The van der Waals surface area contributed by atoms with Crippen LogP contribution in [0.2, 0.25) is 10.0 Å². The molecule has 0 spiro atoms. The van der Waals surface area contributed by atoms with Crippen LogP contribution in [0.25, 0.3) is 33.8 Å². The number of carbonyl (C=O) groups is 2. The zero-order chi connectivity index (χ0) is 34.8. The van der Waals surface area contributed by atoms with Gasteiger partial charge in [-0.05, 0) is 25.0 Å². The molecule has 13 heteroatoms. The SMILES string of the molecule is COc1nc(-c2cccc(-c3cccc(-c4nc5c(c(OC)n4)CN(C[C@H]4CCC(=O)N4)CC5)c3Cl)c2Cl)ccc1CNC[C@@H]1CCC(=O)N1. The van der Waals surface area contributed by atoms with Gasteiger partial charge in [-0.25, -0.2) is 9.97 Å². The van der Waals surface area contributed by atoms with Crippen molar-refractivity contribution >= 4 is 35.0 Å². The van der Waals surface area contributed by atoms with Crippen molar-refractivity contribution in [2.75, 3.05) is 33.9 Å². The number of nitrogens with one attached hydrogen (secondary N) is 3. The van der Waals surface area contributed by atoms with E-state index in [-0.39, 0.29) is 23.9 Å². The van der Waals surface area contributed by atoms with Gasteiger partial charge in [0, 0.05) is 97.5 Å². The smallest absolute Gasteiger partial charge is 0.221 e. The van der Waals surface area contributed by atoms with Crippen LogP contribution < -0.4 is 25.4 Å². The Bertz CT molecular complexity index is 1920. The summed E-state index contributed by atoms with van der Waals surface area (Å²) in [6.45, 7) is 3.49. The number of benzene rings is 2. The van der Waals surface area contributed by atoms with Crippen LogP contribution in [0.4, 0.5) is 0 Å². The van der Waals surface area contributed by atoms with Crippen LogP contribution in [-0.2, 0) is 29.1 Å². The monoisotopic (exact) mass is 715 g/mol. The highest BCUT2D eigenvalue weighted by Gasteiger charge is 2.29. The molecule has 7 rings (SSSR count). The van der Waals surface area contributed by atoms with Crippen LogP contribution in [0.5, 0.6) is 11.8 Å². The molecule has 0 unspecified atom stereocenters. The van der Waals surface area contributed by atoms with Crippen molar-refractivity contribution in [2.24, 2.45) is 0 Å². The predicted octanol–water partition coefficient (Wildman–Crippen LogP) is 5.20. The van der Waals surface area contributed by atoms with Crippen LogP contribution >= 0.6 is 23.2 Å². The molecule has 3 aliphatic rings. The zero-order valence-corrected chi connectivity index (χ0v) is 29.5. The lowest BCUT2D eigenvalue weighted by atomic mass is 9.98. The number of amides is 2. The molecule has 3 aliphatic heterocycles. The first-order valence-electron chi connectivity index (χ1n) is 16.9. The second-order valence-electron chi connectivity index (χ2n) is 12.9. The average Bonchev–Trinajstić information content (AvgIpc) is 3.74. The largest absolute Gasteiger partial charge is 0.481 e. The lowest BCUT2D eigenvalue weighted by Gasteiger charge is -2.30. The number of nitrogens with zero attached hydrogens (tertiary/aromatic N) is 4.